The van der Waals surface area contributed by atoms with Crippen LogP contribution in [0.2, 0.25) is 0 Å². The molecule has 0 unspecified atom stereocenters. The number of urea groups is 1. The topological polar surface area (TPSA) is 75.7 Å². The number of amides is 4. The first-order valence-corrected chi connectivity index (χ1v) is 12.4. The summed E-state index contributed by atoms with van der Waals surface area (Å²) in [5.74, 6) is -1.21. The molecule has 1 aliphatic rings. The fourth-order valence-electron chi connectivity index (χ4n) is 3.68. The number of rotatable bonds is 5. The van der Waals surface area contributed by atoms with Crippen molar-refractivity contribution in [2.24, 2.45) is 0 Å². The summed E-state index contributed by atoms with van der Waals surface area (Å²) < 4.78 is 20.4. The van der Waals surface area contributed by atoms with Crippen LogP contribution in [0.4, 0.5) is 14.9 Å². The molecule has 1 heterocycles. The zero-order chi connectivity index (χ0) is 25.3. The molecule has 1 fully saturated rings. The van der Waals surface area contributed by atoms with E-state index in [0.29, 0.717) is 21.5 Å². The van der Waals surface area contributed by atoms with Gasteiger partial charge in [0.15, 0.2) is 0 Å². The van der Waals surface area contributed by atoms with Crippen LogP contribution in [0.3, 0.4) is 0 Å². The molecule has 0 aromatic heterocycles. The molecule has 0 bridgehead atoms. The van der Waals surface area contributed by atoms with Crippen molar-refractivity contribution in [3.05, 3.63) is 96.3 Å². The predicted molar refractivity (Wildman–Crippen MR) is 143 cm³/mol. The van der Waals surface area contributed by atoms with E-state index in [0.717, 1.165) is 25.2 Å². The molecule has 6 nitrogen and oxygen atoms in total. The number of hydrogen-bond acceptors (Lipinski definition) is 4. The third-order valence-corrected chi connectivity index (χ3v) is 6.58. The SMILES string of the molecule is Cc1cc(C)cc(N2C(=O)NC(=O)/C(=C\c3cc(Br)c(OCc4ccc(F)cc4)c(I)c3)C2=O)c1. The second kappa shape index (κ2) is 10.3. The second-order valence-corrected chi connectivity index (χ2v) is 10.0. The van der Waals surface area contributed by atoms with Crippen molar-refractivity contribution in [2.75, 3.05) is 4.90 Å². The molecule has 3 aromatic carbocycles. The number of aryl methyl sites for hydroxylation is 2. The number of carbonyl (C=O) groups is 3. The molecule has 1 saturated heterocycles. The number of ether oxygens (including phenoxy) is 1. The highest BCUT2D eigenvalue weighted by Gasteiger charge is 2.37. The zero-order valence-electron chi connectivity index (χ0n) is 18.7. The van der Waals surface area contributed by atoms with E-state index in [9.17, 15) is 18.8 Å². The minimum Gasteiger partial charge on any atom is -0.487 e. The number of nitrogens with zero attached hydrogens (tertiary/aromatic N) is 1. The Morgan fingerprint density at radius 2 is 1.69 bits per heavy atom. The van der Waals surface area contributed by atoms with Gasteiger partial charge in [-0.2, -0.15) is 0 Å². The second-order valence-electron chi connectivity index (χ2n) is 8.03. The lowest BCUT2D eigenvalue weighted by atomic mass is 10.1. The molecule has 1 N–H and O–H groups in total. The van der Waals surface area contributed by atoms with E-state index in [-0.39, 0.29) is 18.0 Å². The molecule has 35 heavy (non-hydrogen) atoms. The molecule has 178 valence electrons. The van der Waals surface area contributed by atoms with Gasteiger partial charge in [-0.1, -0.05) is 18.2 Å². The molecule has 9 heteroatoms. The summed E-state index contributed by atoms with van der Waals surface area (Å²) in [6, 6.07) is 14.1. The monoisotopic (exact) mass is 648 g/mol. The van der Waals surface area contributed by atoms with Crippen molar-refractivity contribution in [1.82, 2.24) is 5.32 Å². The van der Waals surface area contributed by atoms with Crippen LogP contribution in [0.5, 0.6) is 5.75 Å². The van der Waals surface area contributed by atoms with Crippen LogP contribution >= 0.6 is 38.5 Å². The lowest BCUT2D eigenvalue weighted by Crippen LogP contribution is -2.54. The third-order valence-electron chi connectivity index (χ3n) is 5.19. The molecule has 4 amide bonds. The number of nitrogens with one attached hydrogen (secondary N) is 1. The average molecular weight is 649 g/mol. The number of hydrogen-bond donors (Lipinski definition) is 1. The number of anilines is 1. The maximum atomic E-state index is 13.2. The van der Waals surface area contributed by atoms with Crippen molar-refractivity contribution in [3.8, 4) is 5.75 Å². The van der Waals surface area contributed by atoms with E-state index in [2.05, 4.69) is 43.8 Å². The summed E-state index contributed by atoms with van der Waals surface area (Å²) in [4.78, 5) is 39.2. The molecular formula is C26H19BrFIN2O4. The lowest BCUT2D eigenvalue weighted by Gasteiger charge is -2.27. The van der Waals surface area contributed by atoms with Gasteiger partial charge in [0.1, 0.15) is 23.7 Å². The Hall–Kier alpha value is -3.05. The molecular weight excluding hydrogens is 630 g/mol. The van der Waals surface area contributed by atoms with E-state index < -0.39 is 17.8 Å². The van der Waals surface area contributed by atoms with Gasteiger partial charge in [0.2, 0.25) is 0 Å². The standard InChI is InChI=1S/C26H19BrFIN2O4/c1-14-7-15(2)9-19(8-14)31-25(33)20(24(32)30-26(31)34)10-17-11-21(27)23(22(29)12-17)35-13-16-3-5-18(28)6-4-16/h3-12H,13H2,1-2H3,(H,30,32,34)/b20-10+. The van der Waals surface area contributed by atoms with Crippen LogP contribution in [0.15, 0.2) is 64.6 Å². The summed E-state index contributed by atoms with van der Waals surface area (Å²) in [6.45, 7) is 3.97. The highest BCUT2D eigenvalue weighted by Crippen LogP contribution is 2.34. The van der Waals surface area contributed by atoms with Crippen molar-refractivity contribution >= 4 is 68.1 Å². The Labute approximate surface area is 223 Å². The number of halogens is 3. The number of carbonyl (C=O) groups excluding carboxylic acids is 3. The van der Waals surface area contributed by atoms with Crippen LogP contribution in [0.25, 0.3) is 6.08 Å². The number of barbiturate groups is 1. The highest BCUT2D eigenvalue weighted by atomic mass is 127. The Morgan fingerprint density at radius 1 is 1.03 bits per heavy atom. The van der Waals surface area contributed by atoms with Crippen molar-refractivity contribution in [2.45, 2.75) is 20.5 Å². The van der Waals surface area contributed by atoms with Crippen LogP contribution < -0.4 is 15.0 Å². The Bertz CT molecular complexity index is 1350. The minimum atomic E-state index is -0.789. The summed E-state index contributed by atoms with van der Waals surface area (Å²) in [5, 5.41) is 2.24. The van der Waals surface area contributed by atoms with Gasteiger partial charge in [-0.05, 0) is 117 Å². The first-order valence-electron chi connectivity index (χ1n) is 10.5. The maximum absolute atomic E-state index is 13.2. The highest BCUT2D eigenvalue weighted by molar-refractivity contribution is 14.1. The van der Waals surface area contributed by atoms with Crippen LogP contribution in [-0.4, -0.2) is 17.8 Å². The lowest BCUT2D eigenvalue weighted by molar-refractivity contribution is -0.122. The van der Waals surface area contributed by atoms with Gasteiger partial charge in [0.25, 0.3) is 11.8 Å². The largest absolute Gasteiger partial charge is 0.487 e. The summed E-state index contributed by atoms with van der Waals surface area (Å²) in [7, 11) is 0. The summed E-state index contributed by atoms with van der Waals surface area (Å²) >= 11 is 5.58. The van der Waals surface area contributed by atoms with Gasteiger partial charge in [0, 0.05) is 0 Å². The molecule has 4 rings (SSSR count). The van der Waals surface area contributed by atoms with Gasteiger partial charge in [-0.15, -0.1) is 0 Å². The van der Waals surface area contributed by atoms with Crippen molar-refractivity contribution in [3.63, 3.8) is 0 Å². The van der Waals surface area contributed by atoms with Gasteiger partial charge < -0.3 is 4.74 Å². The zero-order valence-corrected chi connectivity index (χ0v) is 22.4. The van der Waals surface area contributed by atoms with E-state index in [1.807, 2.05) is 19.9 Å². The maximum Gasteiger partial charge on any atom is 0.335 e. The van der Waals surface area contributed by atoms with Gasteiger partial charge in [0.05, 0.1) is 13.7 Å². The third kappa shape index (κ3) is 5.62. The molecule has 0 radical (unpaired) electrons. The van der Waals surface area contributed by atoms with E-state index in [1.54, 1.807) is 36.4 Å². The van der Waals surface area contributed by atoms with Gasteiger partial charge in [-0.25, -0.2) is 14.1 Å². The molecule has 0 saturated carbocycles. The molecule has 1 aliphatic heterocycles. The fourth-order valence-corrected chi connectivity index (χ4v) is 5.44. The molecule has 3 aromatic rings. The van der Waals surface area contributed by atoms with Crippen LogP contribution in [0, 0.1) is 23.2 Å². The molecule has 0 aliphatic carbocycles. The van der Waals surface area contributed by atoms with Crippen LogP contribution in [-0.2, 0) is 16.2 Å². The van der Waals surface area contributed by atoms with E-state index >= 15 is 0 Å². The normalized spacial score (nSPS) is 14.9. The quantitative estimate of drug-likeness (QED) is 0.208. The smallest absolute Gasteiger partial charge is 0.335 e. The fraction of sp³-hybridized carbons (Fsp3) is 0.115. The van der Waals surface area contributed by atoms with Gasteiger partial charge in [-0.3, -0.25) is 14.9 Å². The summed E-state index contributed by atoms with van der Waals surface area (Å²) in [5.41, 5.74) is 3.38. The van der Waals surface area contributed by atoms with Crippen LogP contribution in [0.1, 0.15) is 22.3 Å². The first-order chi connectivity index (χ1) is 16.6. The number of imide groups is 2. The van der Waals surface area contributed by atoms with Crippen molar-refractivity contribution < 1.29 is 23.5 Å². The molecule has 0 spiro atoms. The number of benzene rings is 3. The van der Waals surface area contributed by atoms with E-state index in [1.165, 1.54) is 18.2 Å². The minimum absolute atomic E-state index is 0.161. The average Bonchev–Trinajstić information content (AvgIpc) is 2.76. The summed E-state index contributed by atoms with van der Waals surface area (Å²) in [6.07, 6.45) is 1.44. The Balaban J connectivity index is 1.62. The predicted octanol–water partition coefficient (Wildman–Crippen LogP) is 6.06. The Morgan fingerprint density at radius 3 is 2.31 bits per heavy atom. The van der Waals surface area contributed by atoms with E-state index in [4.69, 9.17) is 4.74 Å². The Kier molecular flexibility index (Phi) is 7.36. The van der Waals surface area contributed by atoms with Crippen molar-refractivity contribution in [1.29, 1.82) is 0 Å². The first kappa shape index (κ1) is 25.1. The van der Waals surface area contributed by atoms with Gasteiger partial charge >= 0.3 is 6.03 Å². The molecule has 0 atom stereocenters.